The van der Waals surface area contributed by atoms with Crippen molar-refractivity contribution in [1.82, 2.24) is 5.32 Å². The van der Waals surface area contributed by atoms with Gasteiger partial charge in [0.1, 0.15) is 5.75 Å². The van der Waals surface area contributed by atoms with E-state index in [4.69, 9.17) is 15.3 Å². The molecule has 0 spiro atoms. The van der Waals surface area contributed by atoms with Crippen LogP contribution in [-0.2, 0) is 4.79 Å². The van der Waals surface area contributed by atoms with E-state index in [0.29, 0.717) is 5.56 Å². The summed E-state index contributed by atoms with van der Waals surface area (Å²) in [7, 11) is 0. The second-order valence-corrected chi connectivity index (χ2v) is 3.50. The Balaban J connectivity index is 2.69. The van der Waals surface area contributed by atoms with Gasteiger partial charge in [-0.3, -0.25) is 4.79 Å². The van der Waals surface area contributed by atoms with Crippen molar-refractivity contribution in [2.45, 2.75) is 12.3 Å². The number of nitrogens with one attached hydrogen (secondary N) is 1. The van der Waals surface area contributed by atoms with Crippen molar-refractivity contribution in [1.29, 1.82) is 0 Å². The first-order valence-electron chi connectivity index (χ1n) is 4.99. The quantitative estimate of drug-likeness (QED) is 0.618. The summed E-state index contributed by atoms with van der Waals surface area (Å²) in [5.41, 5.74) is 0.530. The molecule has 17 heavy (non-hydrogen) atoms. The Morgan fingerprint density at radius 2 is 1.76 bits per heavy atom. The molecule has 0 bridgehead atoms. The van der Waals surface area contributed by atoms with Crippen LogP contribution >= 0.6 is 0 Å². The number of amides is 1. The number of phenols is 1. The lowest BCUT2D eigenvalue weighted by molar-refractivity contribution is -0.138. The standard InChI is InChI=1S/C11H13NO5/c13-8-3-1-7(2-4-8)9(10(14)15)5-6-12-11(16)17/h1-4,9,12-13H,5-6H2,(H,14,15)(H,16,17)/t9-/m0/s1. The number of carboxylic acid groups (broad SMARTS) is 2. The van der Waals surface area contributed by atoms with E-state index in [2.05, 4.69) is 5.32 Å². The SMILES string of the molecule is O=C(O)NCC[C@H](C(=O)O)c1ccc(O)cc1. The number of hydrogen-bond donors (Lipinski definition) is 4. The van der Waals surface area contributed by atoms with Gasteiger partial charge in [0.05, 0.1) is 5.92 Å². The summed E-state index contributed by atoms with van der Waals surface area (Å²) in [4.78, 5) is 21.3. The lowest BCUT2D eigenvalue weighted by Crippen LogP contribution is -2.25. The summed E-state index contributed by atoms with van der Waals surface area (Å²) in [5.74, 6) is -1.76. The highest BCUT2D eigenvalue weighted by molar-refractivity contribution is 5.76. The first kappa shape index (κ1) is 12.8. The molecule has 1 aromatic rings. The third kappa shape index (κ3) is 4.02. The zero-order valence-electron chi connectivity index (χ0n) is 8.96. The van der Waals surface area contributed by atoms with Gasteiger partial charge in [-0.05, 0) is 24.1 Å². The number of benzene rings is 1. The smallest absolute Gasteiger partial charge is 0.404 e. The van der Waals surface area contributed by atoms with Gasteiger partial charge in [0, 0.05) is 6.54 Å². The van der Waals surface area contributed by atoms with Gasteiger partial charge in [-0.15, -0.1) is 0 Å². The van der Waals surface area contributed by atoms with E-state index in [-0.39, 0.29) is 18.7 Å². The molecule has 1 atom stereocenters. The van der Waals surface area contributed by atoms with Crippen LogP contribution < -0.4 is 5.32 Å². The molecule has 0 saturated heterocycles. The molecule has 0 aliphatic heterocycles. The predicted octanol–water partition coefficient (Wildman–Crippen LogP) is 1.22. The van der Waals surface area contributed by atoms with Crippen LogP contribution in [0.3, 0.4) is 0 Å². The highest BCUT2D eigenvalue weighted by atomic mass is 16.4. The van der Waals surface area contributed by atoms with Gasteiger partial charge in [0.25, 0.3) is 0 Å². The van der Waals surface area contributed by atoms with Crippen molar-refractivity contribution < 1.29 is 24.9 Å². The molecule has 0 radical (unpaired) electrons. The monoisotopic (exact) mass is 239 g/mol. The molecule has 1 rings (SSSR count). The Morgan fingerprint density at radius 1 is 1.18 bits per heavy atom. The molecule has 0 aliphatic rings. The largest absolute Gasteiger partial charge is 0.508 e. The number of aromatic hydroxyl groups is 1. The molecule has 0 aliphatic carbocycles. The van der Waals surface area contributed by atoms with Gasteiger partial charge in [-0.25, -0.2) is 4.79 Å². The third-order valence-electron chi connectivity index (χ3n) is 2.30. The fourth-order valence-electron chi connectivity index (χ4n) is 1.46. The van der Waals surface area contributed by atoms with E-state index in [1.165, 1.54) is 24.3 Å². The molecule has 92 valence electrons. The number of carboxylic acids is 1. The fraction of sp³-hybridized carbons (Fsp3) is 0.273. The van der Waals surface area contributed by atoms with Crippen molar-refractivity contribution in [3.8, 4) is 5.75 Å². The lowest BCUT2D eigenvalue weighted by atomic mass is 9.96. The third-order valence-corrected chi connectivity index (χ3v) is 2.30. The summed E-state index contributed by atoms with van der Waals surface area (Å²) < 4.78 is 0. The summed E-state index contributed by atoms with van der Waals surface area (Å²) in [5, 5.41) is 28.6. The molecule has 0 heterocycles. The lowest BCUT2D eigenvalue weighted by Gasteiger charge is -2.12. The molecule has 0 unspecified atom stereocenters. The average molecular weight is 239 g/mol. The first-order chi connectivity index (χ1) is 8.00. The van der Waals surface area contributed by atoms with Crippen LogP contribution in [0.5, 0.6) is 5.75 Å². The van der Waals surface area contributed by atoms with Gasteiger partial charge >= 0.3 is 12.1 Å². The van der Waals surface area contributed by atoms with Gasteiger partial charge < -0.3 is 20.6 Å². The van der Waals surface area contributed by atoms with Crippen LogP contribution in [-0.4, -0.2) is 33.9 Å². The molecule has 0 saturated carbocycles. The van der Waals surface area contributed by atoms with E-state index < -0.39 is 18.0 Å². The van der Waals surface area contributed by atoms with Gasteiger partial charge in [-0.1, -0.05) is 12.1 Å². The summed E-state index contributed by atoms with van der Waals surface area (Å²) >= 11 is 0. The summed E-state index contributed by atoms with van der Waals surface area (Å²) in [6.45, 7) is 0.0627. The number of phenolic OH excluding ortho intramolecular Hbond substituents is 1. The second kappa shape index (κ2) is 5.74. The molecule has 6 heteroatoms. The van der Waals surface area contributed by atoms with Gasteiger partial charge in [0.2, 0.25) is 0 Å². The normalized spacial score (nSPS) is 11.8. The van der Waals surface area contributed by atoms with Crippen molar-refractivity contribution in [3.63, 3.8) is 0 Å². The molecule has 6 nitrogen and oxygen atoms in total. The molecular weight excluding hydrogens is 226 g/mol. The highest BCUT2D eigenvalue weighted by Gasteiger charge is 2.19. The minimum atomic E-state index is -1.18. The topological polar surface area (TPSA) is 107 Å². The molecule has 0 aromatic heterocycles. The van der Waals surface area contributed by atoms with Crippen LogP contribution in [0.2, 0.25) is 0 Å². The zero-order valence-corrected chi connectivity index (χ0v) is 8.96. The minimum Gasteiger partial charge on any atom is -0.508 e. The predicted molar refractivity (Wildman–Crippen MR) is 59.1 cm³/mol. The fourth-order valence-corrected chi connectivity index (χ4v) is 1.46. The van der Waals surface area contributed by atoms with Crippen LogP contribution in [0.1, 0.15) is 17.9 Å². The van der Waals surface area contributed by atoms with Crippen molar-refractivity contribution in [3.05, 3.63) is 29.8 Å². The number of rotatable bonds is 5. The van der Waals surface area contributed by atoms with Crippen molar-refractivity contribution in [2.24, 2.45) is 0 Å². The van der Waals surface area contributed by atoms with Crippen LogP contribution in [0.4, 0.5) is 4.79 Å². The van der Waals surface area contributed by atoms with Crippen LogP contribution in [0.15, 0.2) is 24.3 Å². The molecular formula is C11H13NO5. The Bertz CT molecular complexity index is 401. The average Bonchev–Trinajstić information content (AvgIpc) is 2.25. The van der Waals surface area contributed by atoms with E-state index in [1.54, 1.807) is 0 Å². The van der Waals surface area contributed by atoms with Crippen LogP contribution in [0, 0.1) is 0 Å². The maximum absolute atomic E-state index is 11.0. The molecule has 1 amide bonds. The summed E-state index contributed by atoms with van der Waals surface area (Å²) in [6.07, 6.45) is -1.02. The Hall–Kier alpha value is -2.24. The molecule has 1 aromatic carbocycles. The van der Waals surface area contributed by atoms with E-state index in [0.717, 1.165) is 0 Å². The van der Waals surface area contributed by atoms with Crippen LogP contribution in [0.25, 0.3) is 0 Å². The number of carbonyl (C=O) groups is 2. The Morgan fingerprint density at radius 3 is 2.24 bits per heavy atom. The zero-order chi connectivity index (χ0) is 12.8. The minimum absolute atomic E-state index is 0.0570. The van der Waals surface area contributed by atoms with Gasteiger partial charge in [0.15, 0.2) is 0 Å². The van der Waals surface area contributed by atoms with E-state index >= 15 is 0 Å². The number of hydrogen-bond acceptors (Lipinski definition) is 3. The Labute approximate surface area is 97.5 Å². The van der Waals surface area contributed by atoms with Crippen molar-refractivity contribution >= 4 is 12.1 Å². The van der Waals surface area contributed by atoms with E-state index in [1.807, 2.05) is 0 Å². The Kier molecular flexibility index (Phi) is 4.33. The second-order valence-electron chi connectivity index (χ2n) is 3.50. The molecule has 0 fully saturated rings. The van der Waals surface area contributed by atoms with Gasteiger partial charge in [-0.2, -0.15) is 0 Å². The van der Waals surface area contributed by atoms with Crippen molar-refractivity contribution in [2.75, 3.05) is 6.54 Å². The molecule has 4 N–H and O–H groups in total. The summed E-state index contributed by atoms with van der Waals surface area (Å²) in [6, 6.07) is 5.82. The number of aliphatic carboxylic acids is 1. The maximum Gasteiger partial charge on any atom is 0.404 e. The van der Waals surface area contributed by atoms with E-state index in [9.17, 15) is 9.59 Å². The maximum atomic E-state index is 11.0. The highest BCUT2D eigenvalue weighted by Crippen LogP contribution is 2.21. The first-order valence-corrected chi connectivity index (χ1v) is 4.99.